The van der Waals surface area contributed by atoms with Gasteiger partial charge in [-0.25, -0.2) is 0 Å². The van der Waals surface area contributed by atoms with Crippen molar-refractivity contribution in [2.75, 3.05) is 5.75 Å². The minimum absolute atomic E-state index is 0.00685. The Morgan fingerprint density at radius 2 is 1.62 bits per heavy atom. The lowest BCUT2D eigenvalue weighted by atomic mass is 9.99. The number of aliphatic hydroxyl groups is 1. The first-order valence-corrected chi connectivity index (χ1v) is 14.7. The molecule has 0 amide bonds. The molecule has 10 heteroatoms. The van der Waals surface area contributed by atoms with Crippen molar-refractivity contribution in [3.63, 3.8) is 0 Å². The van der Waals surface area contributed by atoms with E-state index in [2.05, 4.69) is 39.8 Å². The third kappa shape index (κ3) is 6.38. The van der Waals surface area contributed by atoms with Crippen LogP contribution in [0.3, 0.4) is 0 Å². The van der Waals surface area contributed by atoms with Gasteiger partial charge in [0.1, 0.15) is 5.75 Å². The molecule has 6 rings (SSSR count). The first-order valence-electron chi connectivity index (χ1n) is 13.7. The zero-order valence-electron chi connectivity index (χ0n) is 22.8. The van der Waals surface area contributed by atoms with E-state index >= 15 is 0 Å². The minimum atomic E-state index is -0.565. The molecular weight excluding hydrogens is 550 g/mol. The summed E-state index contributed by atoms with van der Waals surface area (Å²) in [6, 6.07) is 31.0. The fourth-order valence-electron chi connectivity index (χ4n) is 4.93. The number of aromatic nitrogens is 4. The largest absolute Gasteiger partial charge is 0.508 e. The zero-order chi connectivity index (χ0) is 28.9. The van der Waals surface area contributed by atoms with Crippen molar-refractivity contribution in [2.45, 2.75) is 43.2 Å². The number of phenols is 1. The number of nitrogens with zero attached hydrogens (tertiary/aromatic N) is 4. The SMILES string of the molecule is NCc1cccc(-c2ccc(C3OC(CSc4nnnn4-c4ccc(O)cc4)CC(c4ccc(CO)cc4)O3)cc2)c1. The van der Waals surface area contributed by atoms with Crippen LogP contribution in [0.4, 0.5) is 0 Å². The first kappa shape index (κ1) is 28.1. The number of phenolic OH excluding ortho intramolecular Hbond substituents is 1. The highest BCUT2D eigenvalue weighted by atomic mass is 32.2. The lowest BCUT2D eigenvalue weighted by molar-refractivity contribution is -0.245. The van der Waals surface area contributed by atoms with Crippen LogP contribution in [0.2, 0.25) is 0 Å². The van der Waals surface area contributed by atoms with Crippen LogP contribution >= 0.6 is 11.8 Å². The minimum Gasteiger partial charge on any atom is -0.508 e. The number of hydrogen-bond donors (Lipinski definition) is 3. The second-order valence-corrected chi connectivity index (χ2v) is 11.1. The van der Waals surface area contributed by atoms with Gasteiger partial charge in [0.15, 0.2) is 6.29 Å². The van der Waals surface area contributed by atoms with Gasteiger partial charge in [-0.1, -0.05) is 78.5 Å². The van der Waals surface area contributed by atoms with Crippen LogP contribution in [-0.2, 0) is 22.6 Å². The maximum Gasteiger partial charge on any atom is 0.214 e. The van der Waals surface area contributed by atoms with Gasteiger partial charge < -0.3 is 25.4 Å². The Bertz CT molecular complexity index is 1610. The molecule has 0 spiro atoms. The van der Waals surface area contributed by atoms with E-state index in [1.165, 1.54) is 11.8 Å². The average molecular weight is 582 g/mol. The molecule has 0 bridgehead atoms. The van der Waals surface area contributed by atoms with Crippen molar-refractivity contribution in [1.82, 2.24) is 20.2 Å². The van der Waals surface area contributed by atoms with Crippen molar-refractivity contribution in [3.05, 3.63) is 119 Å². The van der Waals surface area contributed by atoms with Gasteiger partial charge >= 0.3 is 0 Å². The zero-order valence-corrected chi connectivity index (χ0v) is 23.6. The summed E-state index contributed by atoms with van der Waals surface area (Å²) in [6.07, 6.45) is -0.269. The molecule has 1 saturated heterocycles. The number of benzene rings is 4. The van der Waals surface area contributed by atoms with Gasteiger partial charge in [0.25, 0.3) is 0 Å². The van der Waals surface area contributed by atoms with Gasteiger partial charge in [-0.05, 0) is 68.6 Å². The second kappa shape index (κ2) is 12.8. The molecule has 9 nitrogen and oxygen atoms in total. The Balaban J connectivity index is 1.22. The maximum atomic E-state index is 9.65. The molecular formula is C32H31N5O4S. The second-order valence-electron chi connectivity index (χ2n) is 10.1. The number of hydrogen-bond acceptors (Lipinski definition) is 9. The molecule has 0 saturated carbocycles. The summed E-state index contributed by atoms with van der Waals surface area (Å²) >= 11 is 1.50. The highest BCUT2D eigenvalue weighted by molar-refractivity contribution is 7.99. The van der Waals surface area contributed by atoms with E-state index in [4.69, 9.17) is 15.2 Å². The van der Waals surface area contributed by atoms with Gasteiger partial charge in [-0.15, -0.1) is 5.10 Å². The van der Waals surface area contributed by atoms with Gasteiger partial charge in [-0.3, -0.25) is 0 Å². The Hall–Kier alpha value is -4.06. The van der Waals surface area contributed by atoms with Gasteiger partial charge in [-0.2, -0.15) is 4.68 Å². The Morgan fingerprint density at radius 1 is 0.857 bits per heavy atom. The molecule has 1 aromatic heterocycles. The molecule has 1 aliphatic rings. The highest BCUT2D eigenvalue weighted by Gasteiger charge is 2.32. The predicted molar refractivity (Wildman–Crippen MR) is 160 cm³/mol. The molecule has 3 unspecified atom stereocenters. The number of nitrogens with two attached hydrogens (primary N) is 1. The molecule has 1 aliphatic heterocycles. The monoisotopic (exact) mass is 581 g/mol. The number of rotatable bonds is 9. The lowest BCUT2D eigenvalue weighted by Gasteiger charge is -2.36. The van der Waals surface area contributed by atoms with Crippen LogP contribution in [0, 0.1) is 0 Å². The van der Waals surface area contributed by atoms with Crippen molar-refractivity contribution in [3.8, 4) is 22.6 Å². The summed E-state index contributed by atoms with van der Waals surface area (Å²) in [5.41, 5.74) is 12.7. The maximum absolute atomic E-state index is 9.65. The van der Waals surface area contributed by atoms with Crippen molar-refractivity contribution < 1.29 is 19.7 Å². The molecule has 0 radical (unpaired) electrons. The van der Waals surface area contributed by atoms with E-state index in [-0.39, 0.29) is 24.6 Å². The molecule has 2 heterocycles. The summed E-state index contributed by atoms with van der Waals surface area (Å²) in [7, 11) is 0. The Labute approximate surface area is 247 Å². The Morgan fingerprint density at radius 3 is 2.36 bits per heavy atom. The van der Waals surface area contributed by atoms with Crippen LogP contribution < -0.4 is 5.73 Å². The van der Waals surface area contributed by atoms with Crippen LogP contribution in [0.15, 0.2) is 102 Å². The Kier molecular flexibility index (Phi) is 8.59. The summed E-state index contributed by atoms with van der Waals surface area (Å²) in [6.45, 7) is 0.490. The van der Waals surface area contributed by atoms with Crippen LogP contribution in [-0.4, -0.2) is 42.3 Å². The van der Waals surface area contributed by atoms with Crippen molar-refractivity contribution in [2.24, 2.45) is 5.73 Å². The summed E-state index contributed by atoms with van der Waals surface area (Å²) in [5.74, 6) is 0.783. The van der Waals surface area contributed by atoms with Gasteiger partial charge in [0, 0.05) is 24.3 Å². The molecule has 214 valence electrons. The van der Waals surface area contributed by atoms with Crippen LogP contribution in [0.25, 0.3) is 16.8 Å². The molecule has 0 aliphatic carbocycles. The fraction of sp³-hybridized carbons (Fsp3) is 0.219. The van der Waals surface area contributed by atoms with Gasteiger partial charge in [0.2, 0.25) is 5.16 Å². The van der Waals surface area contributed by atoms with Crippen molar-refractivity contribution in [1.29, 1.82) is 0 Å². The molecule has 4 N–H and O–H groups in total. The number of tetrazole rings is 1. The predicted octanol–water partition coefficient (Wildman–Crippen LogP) is 5.32. The average Bonchev–Trinajstić information content (AvgIpc) is 3.53. The highest BCUT2D eigenvalue weighted by Crippen LogP contribution is 2.40. The number of aliphatic hydroxyl groups excluding tert-OH is 1. The number of ether oxygens (including phenoxy) is 2. The van der Waals surface area contributed by atoms with Crippen LogP contribution in [0.1, 0.15) is 41.1 Å². The quantitative estimate of drug-likeness (QED) is 0.198. The summed E-state index contributed by atoms with van der Waals surface area (Å²) in [4.78, 5) is 0. The van der Waals surface area contributed by atoms with E-state index in [0.29, 0.717) is 23.9 Å². The smallest absolute Gasteiger partial charge is 0.214 e. The van der Waals surface area contributed by atoms with E-state index < -0.39 is 6.29 Å². The third-order valence-corrected chi connectivity index (χ3v) is 8.28. The molecule has 5 aromatic rings. The lowest BCUT2D eigenvalue weighted by Crippen LogP contribution is -2.31. The third-order valence-electron chi connectivity index (χ3n) is 7.23. The first-order chi connectivity index (χ1) is 20.6. The molecule has 1 fully saturated rings. The number of thioether (sulfide) groups is 1. The fourth-order valence-corrected chi connectivity index (χ4v) is 5.83. The normalized spacial score (nSPS) is 18.7. The van der Waals surface area contributed by atoms with Crippen LogP contribution in [0.5, 0.6) is 5.75 Å². The van der Waals surface area contributed by atoms with Crippen molar-refractivity contribution >= 4 is 11.8 Å². The number of aromatic hydroxyl groups is 1. The molecule has 4 aromatic carbocycles. The van der Waals surface area contributed by atoms with E-state index in [0.717, 1.165) is 39.1 Å². The molecule has 3 atom stereocenters. The summed E-state index contributed by atoms with van der Waals surface area (Å²) in [5, 5.41) is 32.0. The van der Waals surface area contributed by atoms with Gasteiger partial charge in [0.05, 0.1) is 24.5 Å². The summed E-state index contributed by atoms with van der Waals surface area (Å²) < 4.78 is 14.6. The molecule has 42 heavy (non-hydrogen) atoms. The topological polar surface area (TPSA) is 129 Å². The van der Waals surface area contributed by atoms with E-state index in [9.17, 15) is 10.2 Å². The standard InChI is InChI=1S/C32H31N5O4S/c33-18-22-2-1-3-26(16-22)23-8-10-25(11-9-23)31-40-29(17-30(41-31)24-6-4-21(19-38)5-7-24)20-42-32-34-35-36-37(32)27-12-14-28(39)15-13-27/h1-16,29-31,38-39H,17-20,33H2. The van der Waals surface area contributed by atoms with E-state index in [1.54, 1.807) is 28.9 Å². The van der Waals surface area contributed by atoms with E-state index in [1.807, 2.05) is 48.5 Å².